The predicted octanol–water partition coefficient (Wildman–Crippen LogP) is 3.28. The third kappa shape index (κ3) is 3.63. The molecule has 0 aliphatic carbocycles. The third-order valence-electron chi connectivity index (χ3n) is 3.84. The van der Waals surface area contributed by atoms with E-state index in [2.05, 4.69) is 10.6 Å². The number of amides is 2. The van der Waals surface area contributed by atoms with Gasteiger partial charge in [-0.1, -0.05) is 30.3 Å². The molecular weight excluding hydrogens is 320 g/mol. The van der Waals surface area contributed by atoms with Gasteiger partial charge in [-0.2, -0.15) is 0 Å². The zero-order valence-electron chi connectivity index (χ0n) is 13.9. The molecule has 2 aromatic carbocycles. The molecule has 0 fully saturated rings. The van der Waals surface area contributed by atoms with E-state index in [0.717, 1.165) is 5.56 Å². The molecule has 2 amide bonds. The highest BCUT2D eigenvalue weighted by Gasteiger charge is 2.31. The van der Waals surface area contributed by atoms with Crippen LogP contribution in [0.4, 0.5) is 4.79 Å². The van der Waals surface area contributed by atoms with E-state index >= 15 is 0 Å². The van der Waals surface area contributed by atoms with Crippen LogP contribution in [0.2, 0.25) is 0 Å². The quantitative estimate of drug-likeness (QED) is 0.839. The molecule has 2 aromatic rings. The van der Waals surface area contributed by atoms with Crippen LogP contribution in [-0.4, -0.2) is 19.1 Å². The van der Waals surface area contributed by atoms with Crippen molar-refractivity contribution in [3.8, 4) is 11.5 Å². The van der Waals surface area contributed by atoms with E-state index in [0.29, 0.717) is 22.8 Å². The third-order valence-corrected chi connectivity index (χ3v) is 3.84. The van der Waals surface area contributed by atoms with Crippen molar-refractivity contribution in [2.24, 2.45) is 0 Å². The van der Waals surface area contributed by atoms with Crippen LogP contribution in [-0.2, 0) is 9.53 Å². The monoisotopic (exact) mass is 338 g/mol. The summed E-state index contributed by atoms with van der Waals surface area (Å²) in [5.41, 5.74) is 1.55. The number of nitrogens with one attached hydrogen (secondary N) is 2. The minimum Gasteiger partial charge on any atom is -0.466 e. The lowest BCUT2D eigenvalue weighted by Crippen LogP contribution is -2.45. The molecule has 0 saturated heterocycles. The van der Waals surface area contributed by atoms with E-state index in [1.807, 2.05) is 48.5 Å². The van der Waals surface area contributed by atoms with Crippen molar-refractivity contribution < 1.29 is 19.1 Å². The van der Waals surface area contributed by atoms with Crippen LogP contribution in [0.1, 0.15) is 18.5 Å². The number of hydrogen-bond donors (Lipinski definition) is 2. The molecule has 0 saturated carbocycles. The summed E-state index contributed by atoms with van der Waals surface area (Å²) in [6.45, 7) is 1.67. The Morgan fingerprint density at radius 2 is 1.76 bits per heavy atom. The Morgan fingerprint density at radius 1 is 1.04 bits per heavy atom. The maximum Gasteiger partial charge on any atom is 0.337 e. The number of esters is 1. The van der Waals surface area contributed by atoms with E-state index in [4.69, 9.17) is 9.47 Å². The first kappa shape index (κ1) is 16.6. The van der Waals surface area contributed by atoms with Crippen LogP contribution in [0.25, 0.3) is 0 Å². The van der Waals surface area contributed by atoms with E-state index in [1.165, 1.54) is 7.11 Å². The van der Waals surface area contributed by atoms with Crippen molar-refractivity contribution in [3.05, 3.63) is 71.4 Å². The summed E-state index contributed by atoms with van der Waals surface area (Å²) in [5.74, 6) is 0.816. The molecule has 0 radical (unpaired) electrons. The first-order chi connectivity index (χ1) is 12.1. The highest BCUT2D eigenvalue weighted by molar-refractivity contribution is 5.94. The van der Waals surface area contributed by atoms with Gasteiger partial charge in [0.2, 0.25) is 0 Å². The Morgan fingerprint density at radius 3 is 2.48 bits per heavy atom. The summed E-state index contributed by atoms with van der Waals surface area (Å²) in [5, 5.41) is 5.35. The summed E-state index contributed by atoms with van der Waals surface area (Å²) >= 11 is 0. The Balaban J connectivity index is 1.94. The molecule has 6 heteroatoms. The van der Waals surface area contributed by atoms with Crippen LogP contribution in [0, 0.1) is 0 Å². The Labute approximate surface area is 145 Å². The van der Waals surface area contributed by atoms with Crippen LogP contribution >= 0.6 is 0 Å². The highest BCUT2D eigenvalue weighted by atomic mass is 16.5. The van der Waals surface area contributed by atoms with Crippen LogP contribution in [0.15, 0.2) is 65.9 Å². The fourth-order valence-corrected chi connectivity index (χ4v) is 2.71. The number of hydrogen-bond acceptors (Lipinski definition) is 4. The van der Waals surface area contributed by atoms with Crippen molar-refractivity contribution in [2.75, 3.05) is 7.11 Å². The number of methoxy groups -OCH3 is 1. The van der Waals surface area contributed by atoms with Crippen LogP contribution in [0.3, 0.4) is 0 Å². The molecule has 0 bridgehead atoms. The van der Waals surface area contributed by atoms with Crippen LogP contribution < -0.4 is 15.4 Å². The Kier molecular flexibility index (Phi) is 4.70. The van der Waals surface area contributed by atoms with Gasteiger partial charge in [-0.3, -0.25) is 0 Å². The number of benzene rings is 2. The SMILES string of the molecule is COC(=O)C1=C(C)NC(=O)N[C@@H]1c1cccc(Oc2ccccc2)c1. The number of carbonyl (C=O) groups is 2. The van der Waals surface area contributed by atoms with Gasteiger partial charge < -0.3 is 20.1 Å². The van der Waals surface area contributed by atoms with E-state index < -0.39 is 12.0 Å². The van der Waals surface area contributed by atoms with E-state index in [9.17, 15) is 9.59 Å². The maximum atomic E-state index is 12.1. The minimum atomic E-state index is -0.611. The summed E-state index contributed by atoms with van der Waals surface area (Å²) in [6.07, 6.45) is 0. The number of para-hydroxylation sites is 1. The van der Waals surface area contributed by atoms with Gasteiger partial charge >= 0.3 is 12.0 Å². The van der Waals surface area contributed by atoms with Gasteiger partial charge in [0, 0.05) is 5.70 Å². The Hall–Kier alpha value is -3.28. The van der Waals surface area contributed by atoms with Gasteiger partial charge in [0.25, 0.3) is 0 Å². The normalized spacial score (nSPS) is 16.7. The molecular formula is C19H18N2O4. The lowest BCUT2D eigenvalue weighted by molar-refractivity contribution is -0.136. The zero-order valence-corrected chi connectivity index (χ0v) is 13.9. The van der Waals surface area contributed by atoms with Crippen molar-refractivity contribution in [2.45, 2.75) is 13.0 Å². The first-order valence-electron chi connectivity index (χ1n) is 7.78. The second kappa shape index (κ2) is 7.09. The number of urea groups is 1. The number of ether oxygens (including phenoxy) is 2. The second-order valence-corrected chi connectivity index (χ2v) is 5.55. The minimum absolute atomic E-state index is 0.360. The summed E-state index contributed by atoms with van der Waals surface area (Å²) in [7, 11) is 1.31. The molecule has 1 aliphatic heterocycles. The smallest absolute Gasteiger partial charge is 0.337 e. The molecule has 2 N–H and O–H groups in total. The number of rotatable bonds is 4. The molecule has 1 heterocycles. The van der Waals surface area contributed by atoms with Crippen molar-refractivity contribution in [3.63, 3.8) is 0 Å². The van der Waals surface area contributed by atoms with Gasteiger partial charge in [0.15, 0.2) is 0 Å². The molecule has 128 valence electrons. The van der Waals surface area contributed by atoms with Gasteiger partial charge in [-0.25, -0.2) is 9.59 Å². The molecule has 1 aliphatic rings. The van der Waals surface area contributed by atoms with E-state index in [1.54, 1.807) is 13.0 Å². The second-order valence-electron chi connectivity index (χ2n) is 5.55. The lowest BCUT2D eigenvalue weighted by atomic mass is 9.95. The maximum absolute atomic E-state index is 12.1. The largest absolute Gasteiger partial charge is 0.466 e. The summed E-state index contributed by atoms with van der Waals surface area (Å²) in [6, 6.07) is 15.6. The average molecular weight is 338 g/mol. The molecule has 0 spiro atoms. The molecule has 1 atom stereocenters. The fourth-order valence-electron chi connectivity index (χ4n) is 2.71. The molecule has 25 heavy (non-hydrogen) atoms. The topological polar surface area (TPSA) is 76.7 Å². The van der Waals surface area contributed by atoms with Gasteiger partial charge in [-0.05, 0) is 36.8 Å². The van der Waals surface area contributed by atoms with Crippen molar-refractivity contribution in [1.82, 2.24) is 10.6 Å². The predicted molar refractivity (Wildman–Crippen MR) is 92.1 cm³/mol. The summed E-state index contributed by atoms with van der Waals surface area (Å²) in [4.78, 5) is 24.0. The van der Waals surface area contributed by atoms with Gasteiger partial charge in [0.05, 0.1) is 18.7 Å². The molecule has 0 aromatic heterocycles. The standard InChI is InChI=1S/C19H18N2O4/c1-12-16(18(22)24-2)17(21-19(23)20-12)13-7-6-10-15(11-13)25-14-8-4-3-5-9-14/h3-11,17H,1-2H3,(H2,20,21,23)/t17-/m1/s1. The number of allylic oxidation sites excluding steroid dienone is 1. The molecule has 6 nitrogen and oxygen atoms in total. The van der Waals surface area contributed by atoms with Crippen LogP contribution in [0.5, 0.6) is 11.5 Å². The fraction of sp³-hybridized carbons (Fsp3) is 0.158. The van der Waals surface area contributed by atoms with Gasteiger partial charge in [-0.15, -0.1) is 0 Å². The van der Waals surface area contributed by atoms with E-state index in [-0.39, 0.29) is 6.03 Å². The van der Waals surface area contributed by atoms with Crippen molar-refractivity contribution >= 4 is 12.0 Å². The Bertz CT molecular complexity index is 830. The highest BCUT2D eigenvalue weighted by Crippen LogP contribution is 2.30. The zero-order chi connectivity index (χ0) is 17.8. The number of carbonyl (C=O) groups excluding carboxylic acids is 2. The van der Waals surface area contributed by atoms with Gasteiger partial charge in [0.1, 0.15) is 11.5 Å². The van der Waals surface area contributed by atoms with Crippen molar-refractivity contribution in [1.29, 1.82) is 0 Å². The average Bonchev–Trinajstić information content (AvgIpc) is 2.61. The summed E-state index contributed by atoms with van der Waals surface area (Å²) < 4.78 is 10.7. The molecule has 0 unspecified atom stereocenters. The molecule has 3 rings (SSSR count). The first-order valence-corrected chi connectivity index (χ1v) is 7.78. The lowest BCUT2D eigenvalue weighted by Gasteiger charge is -2.28.